The lowest BCUT2D eigenvalue weighted by Crippen LogP contribution is -2.38. The minimum Gasteiger partial charge on any atom is -0.339 e. The highest BCUT2D eigenvalue weighted by molar-refractivity contribution is 5.34. The summed E-state index contributed by atoms with van der Waals surface area (Å²) in [4.78, 5) is 2.46. The van der Waals surface area contributed by atoms with Crippen LogP contribution in [0.2, 0.25) is 0 Å². The van der Waals surface area contributed by atoms with Gasteiger partial charge in [-0.2, -0.15) is 0 Å². The van der Waals surface area contributed by atoms with Crippen LogP contribution in [0.25, 0.3) is 0 Å². The molecule has 3 saturated carbocycles. The van der Waals surface area contributed by atoms with E-state index in [1.165, 1.54) is 31.2 Å². The summed E-state index contributed by atoms with van der Waals surface area (Å²) < 4.78 is 2.01. The van der Waals surface area contributed by atoms with Crippen molar-refractivity contribution in [2.75, 3.05) is 18.0 Å². The van der Waals surface area contributed by atoms with Crippen LogP contribution in [-0.4, -0.2) is 33.3 Å². The minimum absolute atomic E-state index is 0.163. The van der Waals surface area contributed by atoms with Gasteiger partial charge in [-0.25, -0.2) is 4.68 Å². The maximum Gasteiger partial charge on any atom is 0.246 e. The number of hydrogen-bond donors (Lipinski definition) is 0. The maximum atomic E-state index is 4.40. The van der Waals surface area contributed by atoms with Crippen LogP contribution in [0.1, 0.15) is 44.2 Å². The SMILES string of the molecule is C[C@@H](c1ccccc1)n1nnnc1N1C[C@@H]2C3CCC(CC3)[C@@H]2C1. The number of nitrogens with zero attached hydrogens (tertiary/aromatic N) is 5. The fourth-order valence-corrected chi connectivity index (χ4v) is 5.54. The first-order valence-electron chi connectivity index (χ1n) is 9.39. The Morgan fingerprint density at radius 3 is 2.21 bits per heavy atom. The van der Waals surface area contributed by atoms with E-state index in [-0.39, 0.29) is 6.04 Å². The van der Waals surface area contributed by atoms with Crippen molar-refractivity contribution in [1.82, 2.24) is 20.2 Å². The molecular weight excluding hydrogens is 298 g/mol. The van der Waals surface area contributed by atoms with E-state index in [2.05, 4.69) is 57.7 Å². The molecule has 0 unspecified atom stereocenters. The lowest BCUT2D eigenvalue weighted by atomic mass is 9.60. The second-order valence-corrected chi connectivity index (χ2v) is 7.92. The second-order valence-electron chi connectivity index (χ2n) is 7.92. The number of benzene rings is 1. The zero-order valence-corrected chi connectivity index (χ0v) is 14.3. The van der Waals surface area contributed by atoms with Gasteiger partial charge in [-0.05, 0) is 72.3 Å². The normalized spacial score (nSPS) is 32.8. The molecule has 5 heteroatoms. The summed E-state index contributed by atoms with van der Waals surface area (Å²) in [5, 5.41) is 12.7. The van der Waals surface area contributed by atoms with Gasteiger partial charge in [-0.1, -0.05) is 35.4 Å². The van der Waals surface area contributed by atoms with E-state index < -0.39 is 0 Å². The van der Waals surface area contributed by atoms with Crippen molar-refractivity contribution < 1.29 is 0 Å². The van der Waals surface area contributed by atoms with Crippen molar-refractivity contribution in [2.45, 2.75) is 38.6 Å². The van der Waals surface area contributed by atoms with Crippen LogP contribution in [-0.2, 0) is 0 Å². The zero-order valence-electron chi connectivity index (χ0n) is 14.3. The summed E-state index contributed by atoms with van der Waals surface area (Å²) in [6.45, 7) is 4.48. The van der Waals surface area contributed by atoms with Crippen LogP contribution in [0.15, 0.2) is 30.3 Å². The lowest BCUT2D eigenvalue weighted by Gasteiger charge is -2.44. The molecule has 2 heterocycles. The molecule has 1 saturated heterocycles. The number of hydrogen-bond acceptors (Lipinski definition) is 4. The summed E-state index contributed by atoms with van der Waals surface area (Å²) in [5.41, 5.74) is 1.25. The third kappa shape index (κ3) is 2.17. The number of tetrazole rings is 1. The average Bonchev–Trinajstić information content (AvgIpc) is 3.30. The maximum absolute atomic E-state index is 4.40. The largest absolute Gasteiger partial charge is 0.339 e. The molecule has 2 bridgehead atoms. The van der Waals surface area contributed by atoms with Gasteiger partial charge in [0.05, 0.1) is 6.04 Å². The molecule has 1 aromatic carbocycles. The Balaban J connectivity index is 1.42. The van der Waals surface area contributed by atoms with Gasteiger partial charge in [-0.3, -0.25) is 0 Å². The fourth-order valence-electron chi connectivity index (χ4n) is 5.54. The van der Waals surface area contributed by atoms with E-state index in [4.69, 9.17) is 0 Å². The first-order valence-corrected chi connectivity index (χ1v) is 9.39. The molecule has 1 aromatic heterocycles. The molecule has 5 nitrogen and oxygen atoms in total. The van der Waals surface area contributed by atoms with Crippen LogP contribution in [0.5, 0.6) is 0 Å². The monoisotopic (exact) mass is 323 g/mol. The van der Waals surface area contributed by atoms with Crippen molar-refractivity contribution in [3.63, 3.8) is 0 Å². The summed E-state index contributed by atoms with van der Waals surface area (Å²) >= 11 is 0. The van der Waals surface area contributed by atoms with Crippen LogP contribution in [0, 0.1) is 23.7 Å². The number of rotatable bonds is 3. The summed E-state index contributed by atoms with van der Waals surface area (Å²) in [6.07, 6.45) is 5.80. The van der Waals surface area contributed by atoms with E-state index in [9.17, 15) is 0 Å². The van der Waals surface area contributed by atoms with Crippen molar-refractivity contribution in [3.05, 3.63) is 35.9 Å². The Bertz CT molecular complexity index is 684. The predicted molar refractivity (Wildman–Crippen MR) is 92.7 cm³/mol. The average molecular weight is 323 g/mol. The minimum atomic E-state index is 0.163. The van der Waals surface area contributed by atoms with Crippen LogP contribution >= 0.6 is 0 Å². The number of fused-ring (bicyclic) bond motifs is 2. The van der Waals surface area contributed by atoms with Gasteiger partial charge < -0.3 is 4.90 Å². The van der Waals surface area contributed by atoms with Crippen molar-refractivity contribution >= 4 is 5.95 Å². The van der Waals surface area contributed by atoms with Gasteiger partial charge in [-0.15, -0.1) is 0 Å². The van der Waals surface area contributed by atoms with Gasteiger partial charge >= 0.3 is 0 Å². The highest BCUT2D eigenvalue weighted by Crippen LogP contribution is 2.52. The molecule has 3 atom stereocenters. The van der Waals surface area contributed by atoms with Gasteiger partial charge in [0.2, 0.25) is 5.95 Å². The van der Waals surface area contributed by atoms with Gasteiger partial charge in [0.1, 0.15) is 0 Å². The van der Waals surface area contributed by atoms with Gasteiger partial charge in [0, 0.05) is 13.1 Å². The van der Waals surface area contributed by atoms with E-state index in [1.807, 2.05) is 4.68 Å². The third-order valence-corrected chi connectivity index (χ3v) is 6.85. The molecule has 126 valence electrons. The highest BCUT2D eigenvalue weighted by atomic mass is 15.6. The second kappa shape index (κ2) is 5.57. The van der Waals surface area contributed by atoms with Crippen molar-refractivity contribution in [1.29, 1.82) is 0 Å². The summed E-state index contributed by atoms with van der Waals surface area (Å²) in [5.74, 6) is 4.59. The Morgan fingerprint density at radius 2 is 1.58 bits per heavy atom. The van der Waals surface area contributed by atoms with E-state index in [0.29, 0.717) is 0 Å². The molecular formula is C19H25N5. The molecule has 4 fully saturated rings. The van der Waals surface area contributed by atoms with E-state index in [1.54, 1.807) is 0 Å². The van der Waals surface area contributed by atoms with Crippen molar-refractivity contribution in [3.8, 4) is 0 Å². The Hall–Kier alpha value is -1.91. The molecule has 6 rings (SSSR count). The molecule has 24 heavy (non-hydrogen) atoms. The predicted octanol–water partition coefficient (Wildman–Crippen LogP) is 3.15. The first-order chi connectivity index (χ1) is 11.8. The molecule has 2 aromatic rings. The molecule has 0 spiro atoms. The van der Waals surface area contributed by atoms with E-state index in [0.717, 1.165) is 42.7 Å². The van der Waals surface area contributed by atoms with Crippen LogP contribution in [0.4, 0.5) is 5.95 Å². The summed E-state index contributed by atoms with van der Waals surface area (Å²) in [6, 6.07) is 10.7. The Morgan fingerprint density at radius 1 is 0.958 bits per heavy atom. The molecule has 0 radical (unpaired) electrons. The lowest BCUT2D eigenvalue weighted by molar-refractivity contribution is 0.0577. The zero-order chi connectivity index (χ0) is 16.1. The fraction of sp³-hybridized carbons (Fsp3) is 0.632. The Labute approximate surface area is 143 Å². The highest BCUT2D eigenvalue weighted by Gasteiger charge is 2.49. The van der Waals surface area contributed by atoms with Gasteiger partial charge in [0.25, 0.3) is 0 Å². The molecule has 3 aliphatic carbocycles. The molecule has 0 amide bonds. The Kier molecular flexibility index (Phi) is 3.35. The molecule has 1 aliphatic heterocycles. The van der Waals surface area contributed by atoms with E-state index >= 15 is 0 Å². The topological polar surface area (TPSA) is 46.8 Å². The number of anilines is 1. The van der Waals surface area contributed by atoms with Crippen LogP contribution < -0.4 is 4.90 Å². The van der Waals surface area contributed by atoms with Crippen LogP contribution in [0.3, 0.4) is 0 Å². The first kappa shape index (κ1) is 14.4. The molecule has 0 N–H and O–H groups in total. The smallest absolute Gasteiger partial charge is 0.246 e. The quantitative estimate of drug-likeness (QED) is 0.870. The summed E-state index contributed by atoms with van der Waals surface area (Å²) in [7, 11) is 0. The third-order valence-electron chi connectivity index (χ3n) is 6.85. The standard InChI is InChI=1S/C19H25N5/c1-13(14-5-3-2-4-6-14)24-19(20-21-22-24)23-11-17-15-7-8-16(10-9-15)18(17)12-23/h2-6,13,15-18H,7-12H2,1H3/t13-,15?,16?,17-,18+/m0/s1. The van der Waals surface area contributed by atoms with Gasteiger partial charge in [0.15, 0.2) is 0 Å². The molecule has 4 aliphatic rings. The van der Waals surface area contributed by atoms with Crippen molar-refractivity contribution in [2.24, 2.45) is 23.7 Å². The number of aromatic nitrogens is 4.